The van der Waals surface area contributed by atoms with Gasteiger partial charge in [-0.05, 0) is 44.0 Å². The van der Waals surface area contributed by atoms with Crippen LogP contribution < -0.4 is 0 Å². The molecule has 0 fully saturated rings. The number of carbonyl (C=O) groups is 1. The van der Waals surface area contributed by atoms with E-state index in [0.29, 0.717) is 10.4 Å². The summed E-state index contributed by atoms with van der Waals surface area (Å²) >= 11 is 5.97. The van der Waals surface area contributed by atoms with Crippen LogP contribution in [-0.4, -0.2) is 11.1 Å². The lowest BCUT2D eigenvalue weighted by Gasteiger charge is -1.87. The van der Waals surface area contributed by atoms with Crippen molar-refractivity contribution in [3.8, 4) is 0 Å². The van der Waals surface area contributed by atoms with E-state index in [2.05, 4.69) is 31.9 Å². The fourth-order valence-corrected chi connectivity index (χ4v) is 1.14. The van der Waals surface area contributed by atoms with Crippen LogP contribution in [0.1, 0.15) is 5.76 Å². The van der Waals surface area contributed by atoms with Crippen LogP contribution in [0.3, 0.4) is 0 Å². The number of hydrogen-bond acceptors (Lipinski definition) is 2. The smallest absolute Gasteiger partial charge is 0.342 e. The van der Waals surface area contributed by atoms with Crippen molar-refractivity contribution in [3.63, 3.8) is 0 Å². The highest BCUT2D eigenvalue weighted by molar-refractivity contribution is 9.12. The first-order chi connectivity index (χ1) is 5.59. The molecule has 64 valence electrons. The molecule has 0 aliphatic carbocycles. The summed E-state index contributed by atoms with van der Waals surface area (Å²) in [6.07, 6.45) is 1.38. The lowest BCUT2D eigenvalue weighted by Crippen LogP contribution is -1.91. The quantitative estimate of drug-likeness (QED) is 0.854. The predicted molar refractivity (Wildman–Crippen MR) is 50.9 cm³/mol. The molecule has 0 unspecified atom stereocenters. The van der Waals surface area contributed by atoms with Crippen molar-refractivity contribution in [3.05, 3.63) is 27.0 Å². The molecule has 12 heavy (non-hydrogen) atoms. The molecule has 0 saturated carbocycles. The van der Waals surface area contributed by atoms with Crippen LogP contribution in [0, 0.1) is 0 Å². The zero-order valence-corrected chi connectivity index (χ0v) is 8.92. The van der Waals surface area contributed by atoms with E-state index in [1.807, 2.05) is 0 Å². The van der Waals surface area contributed by atoms with Gasteiger partial charge in [0.05, 0.1) is 0 Å². The zero-order valence-electron chi connectivity index (χ0n) is 5.75. The van der Waals surface area contributed by atoms with Crippen LogP contribution >= 0.6 is 31.9 Å². The third kappa shape index (κ3) is 2.49. The molecular formula is C7H4Br2O3. The molecular weight excluding hydrogens is 292 g/mol. The Morgan fingerprint density at radius 1 is 1.58 bits per heavy atom. The van der Waals surface area contributed by atoms with Gasteiger partial charge in [-0.1, -0.05) is 0 Å². The fraction of sp³-hybridized carbons (Fsp3) is 0. The van der Waals surface area contributed by atoms with Gasteiger partial charge in [0.15, 0.2) is 4.67 Å². The van der Waals surface area contributed by atoms with Crippen LogP contribution in [0.25, 0.3) is 6.08 Å². The Morgan fingerprint density at radius 3 is 2.67 bits per heavy atom. The Hall–Kier alpha value is -0.550. The van der Waals surface area contributed by atoms with Crippen molar-refractivity contribution in [2.75, 3.05) is 0 Å². The normalized spacial score (nSPS) is 11.7. The molecule has 0 atom stereocenters. The number of hydrogen-bond donors (Lipinski definition) is 1. The van der Waals surface area contributed by atoms with Gasteiger partial charge in [-0.15, -0.1) is 0 Å². The van der Waals surface area contributed by atoms with Gasteiger partial charge in [0.1, 0.15) is 10.2 Å². The molecule has 3 nitrogen and oxygen atoms in total. The minimum Gasteiger partial charge on any atom is -0.477 e. The maximum absolute atomic E-state index is 10.3. The minimum atomic E-state index is -1.03. The Balaban J connectivity index is 2.87. The SMILES string of the molecule is O=C(O)C(Br)=Cc1ccc(Br)o1. The van der Waals surface area contributed by atoms with Crippen LogP contribution in [0.2, 0.25) is 0 Å². The summed E-state index contributed by atoms with van der Waals surface area (Å²) in [5, 5.41) is 8.48. The first-order valence-electron chi connectivity index (χ1n) is 2.95. The standard InChI is InChI=1S/C7H4Br2O3/c8-5(7(10)11)3-4-1-2-6(9)12-4/h1-3H,(H,10,11). The van der Waals surface area contributed by atoms with Gasteiger partial charge >= 0.3 is 5.97 Å². The summed E-state index contributed by atoms with van der Waals surface area (Å²) in [5.41, 5.74) is 0. The molecule has 0 saturated heterocycles. The van der Waals surface area contributed by atoms with Crippen molar-refractivity contribution < 1.29 is 14.3 Å². The van der Waals surface area contributed by atoms with Crippen LogP contribution in [0.5, 0.6) is 0 Å². The second-order valence-electron chi connectivity index (χ2n) is 1.94. The van der Waals surface area contributed by atoms with Crippen molar-refractivity contribution >= 4 is 43.9 Å². The maximum atomic E-state index is 10.3. The summed E-state index contributed by atoms with van der Waals surface area (Å²) in [7, 11) is 0. The number of halogens is 2. The largest absolute Gasteiger partial charge is 0.477 e. The Morgan fingerprint density at radius 2 is 2.25 bits per heavy atom. The topological polar surface area (TPSA) is 50.4 Å². The molecule has 1 rings (SSSR count). The van der Waals surface area contributed by atoms with Gasteiger partial charge in [0, 0.05) is 6.08 Å². The molecule has 0 spiro atoms. The van der Waals surface area contributed by atoms with Crippen molar-refractivity contribution in [2.24, 2.45) is 0 Å². The molecule has 0 bridgehead atoms. The molecule has 0 aliphatic rings. The maximum Gasteiger partial charge on any atom is 0.342 e. The highest BCUT2D eigenvalue weighted by Gasteiger charge is 2.03. The molecule has 1 aromatic heterocycles. The third-order valence-corrected chi connectivity index (χ3v) is 2.06. The molecule has 1 N–H and O–H groups in total. The lowest BCUT2D eigenvalue weighted by atomic mass is 10.4. The summed E-state index contributed by atoms with van der Waals surface area (Å²) < 4.78 is 5.68. The Bertz CT molecular complexity index is 327. The van der Waals surface area contributed by atoms with Gasteiger partial charge in [0.2, 0.25) is 0 Å². The van der Waals surface area contributed by atoms with Crippen molar-refractivity contribution in [1.29, 1.82) is 0 Å². The first-order valence-corrected chi connectivity index (χ1v) is 4.54. The molecule has 0 radical (unpaired) electrons. The molecule has 5 heteroatoms. The van der Waals surface area contributed by atoms with E-state index in [0.717, 1.165) is 0 Å². The second-order valence-corrected chi connectivity index (χ2v) is 3.58. The highest BCUT2D eigenvalue weighted by Crippen LogP contribution is 2.18. The van der Waals surface area contributed by atoms with Crippen molar-refractivity contribution in [1.82, 2.24) is 0 Å². The first kappa shape index (κ1) is 9.54. The summed E-state index contributed by atoms with van der Waals surface area (Å²) in [4.78, 5) is 10.3. The van der Waals surface area contributed by atoms with E-state index in [-0.39, 0.29) is 4.48 Å². The number of aliphatic carboxylic acids is 1. The summed E-state index contributed by atoms with van der Waals surface area (Å²) in [6.45, 7) is 0. The highest BCUT2D eigenvalue weighted by atomic mass is 79.9. The summed E-state index contributed by atoms with van der Waals surface area (Å²) in [5.74, 6) is -0.543. The summed E-state index contributed by atoms with van der Waals surface area (Å²) in [6, 6.07) is 3.35. The zero-order chi connectivity index (χ0) is 9.14. The number of rotatable bonds is 2. The molecule has 1 heterocycles. The third-order valence-electron chi connectivity index (χ3n) is 1.07. The molecule has 0 amide bonds. The lowest BCUT2D eigenvalue weighted by molar-refractivity contribution is -0.131. The number of furan rings is 1. The van der Waals surface area contributed by atoms with E-state index < -0.39 is 5.97 Å². The predicted octanol–water partition coefficient (Wildman–Crippen LogP) is 2.86. The van der Waals surface area contributed by atoms with Gasteiger partial charge in [-0.3, -0.25) is 0 Å². The molecule has 0 aromatic carbocycles. The van der Waals surface area contributed by atoms with E-state index in [1.54, 1.807) is 12.1 Å². The minimum absolute atomic E-state index is 0.0596. The van der Waals surface area contributed by atoms with Gasteiger partial charge < -0.3 is 9.52 Å². The Labute approximate surface area is 85.3 Å². The molecule has 1 aromatic rings. The second kappa shape index (κ2) is 3.91. The van der Waals surface area contributed by atoms with E-state index in [9.17, 15) is 4.79 Å². The number of carboxylic acids is 1. The van der Waals surface area contributed by atoms with E-state index in [1.165, 1.54) is 6.08 Å². The van der Waals surface area contributed by atoms with Crippen LogP contribution in [0.15, 0.2) is 25.7 Å². The van der Waals surface area contributed by atoms with Crippen LogP contribution in [-0.2, 0) is 4.79 Å². The van der Waals surface area contributed by atoms with Gasteiger partial charge in [-0.2, -0.15) is 0 Å². The average molecular weight is 296 g/mol. The molecule has 0 aliphatic heterocycles. The Kier molecular flexibility index (Phi) is 3.11. The van der Waals surface area contributed by atoms with Gasteiger partial charge in [-0.25, -0.2) is 4.79 Å². The van der Waals surface area contributed by atoms with Crippen LogP contribution in [0.4, 0.5) is 0 Å². The monoisotopic (exact) mass is 294 g/mol. The van der Waals surface area contributed by atoms with E-state index >= 15 is 0 Å². The number of carboxylic acid groups (broad SMARTS) is 1. The average Bonchev–Trinajstić information content (AvgIpc) is 2.35. The van der Waals surface area contributed by atoms with E-state index in [4.69, 9.17) is 9.52 Å². The van der Waals surface area contributed by atoms with Crippen molar-refractivity contribution in [2.45, 2.75) is 0 Å². The van der Waals surface area contributed by atoms with Gasteiger partial charge in [0.25, 0.3) is 0 Å². The fourth-order valence-electron chi connectivity index (χ4n) is 0.592.